The fraction of sp³-hybridized carbons (Fsp3) is 0.316. The number of amides is 1. The molecule has 2 rings (SSSR count). The molecule has 3 nitrogen and oxygen atoms in total. The number of ether oxygens (including phenoxy) is 1. The van der Waals surface area contributed by atoms with E-state index in [2.05, 4.69) is 31.3 Å². The predicted molar refractivity (Wildman–Crippen MR) is 90.5 cm³/mol. The number of benzene rings is 2. The topological polar surface area (TPSA) is 38.3 Å². The zero-order valence-corrected chi connectivity index (χ0v) is 13.4. The highest BCUT2D eigenvalue weighted by molar-refractivity contribution is 5.91. The standard InChI is InChI=1S/C19H23NO2/c1-4-15(3)16-7-9-17(10-8-16)20-19(21)13-22-18-11-5-14(2)6-12-18/h5-12,15H,4,13H2,1-3H3,(H,20,21). The molecule has 0 saturated carbocycles. The molecule has 116 valence electrons. The molecule has 2 aromatic rings. The summed E-state index contributed by atoms with van der Waals surface area (Å²) in [5.74, 6) is 1.08. The lowest BCUT2D eigenvalue weighted by molar-refractivity contribution is -0.118. The lowest BCUT2D eigenvalue weighted by Crippen LogP contribution is -2.20. The van der Waals surface area contributed by atoms with Crippen LogP contribution in [0.15, 0.2) is 48.5 Å². The van der Waals surface area contributed by atoms with Gasteiger partial charge in [0.05, 0.1) is 0 Å². The molecule has 0 heterocycles. The monoisotopic (exact) mass is 297 g/mol. The Hall–Kier alpha value is -2.29. The molecular weight excluding hydrogens is 274 g/mol. The third-order valence-electron chi connectivity index (χ3n) is 3.77. The van der Waals surface area contributed by atoms with E-state index in [4.69, 9.17) is 4.74 Å². The van der Waals surface area contributed by atoms with E-state index in [1.54, 1.807) is 0 Å². The summed E-state index contributed by atoms with van der Waals surface area (Å²) in [5.41, 5.74) is 3.25. The number of anilines is 1. The van der Waals surface area contributed by atoms with Gasteiger partial charge >= 0.3 is 0 Å². The van der Waals surface area contributed by atoms with Crippen LogP contribution in [0.4, 0.5) is 5.69 Å². The molecule has 0 aliphatic heterocycles. The second kappa shape index (κ2) is 7.64. The third-order valence-corrected chi connectivity index (χ3v) is 3.77. The largest absolute Gasteiger partial charge is 0.484 e. The van der Waals surface area contributed by atoms with Crippen molar-refractivity contribution in [3.05, 3.63) is 59.7 Å². The summed E-state index contributed by atoms with van der Waals surface area (Å²) in [6, 6.07) is 15.6. The van der Waals surface area contributed by atoms with E-state index in [0.717, 1.165) is 17.7 Å². The highest BCUT2D eigenvalue weighted by atomic mass is 16.5. The Labute approximate surface area is 132 Å². The van der Waals surface area contributed by atoms with Gasteiger partial charge in [0.1, 0.15) is 5.75 Å². The van der Waals surface area contributed by atoms with Crippen LogP contribution >= 0.6 is 0 Å². The quantitative estimate of drug-likeness (QED) is 0.851. The minimum atomic E-state index is -0.156. The highest BCUT2D eigenvalue weighted by Crippen LogP contribution is 2.20. The minimum Gasteiger partial charge on any atom is -0.484 e. The number of carbonyl (C=O) groups excluding carboxylic acids is 1. The van der Waals surface area contributed by atoms with Crippen LogP contribution in [0.2, 0.25) is 0 Å². The van der Waals surface area contributed by atoms with Crippen molar-refractivity contribution in [3.8, 4) is 5.75 Å². The maximum atomic E-state index is 11.9. The second-order valence-electron chi connectivity index (χ2n) is 5.58. The molecule has 0 aliphatic rings. The predicted octanol–water partition coefficient (Wildman–Crippen LogP) is 4.53. The van der Waals surface area contributed by atoms with Gasteiger partial charge in [0, 0.05) is 5.69 Å². The molecule has 1 atom stereocenters. The summed E-state index contributed by atoms with van der Waals surface area (Å²) >= 11 is 0. The Morgan fingerprint density at radius 3 is 2.32 bits per heavy atom. The normalized spacial score (nSPS) is 11.8. The van der Waals surface area contributed by atoms with Gasteiger partial charge in [0.25, 0.3) is 5.91 Å². The summed E-state index contributed by atoms with van der Waals surface area (Å²) in [6.45, 7) is 6.39. The summed E-state index contributed by atoms with van der Waals surface area (Å²) < 4.78 is 5.46. The number of rotatable bonds is 6. The van der Waals surface area contributed by atoms with Crippen LogP contribution in [-0.4, -0.2) is 12.5 Å². The van der Waals surface area contributed by atoms with Crippen LogP contribution in [0.5, 0.6) is 5.75 Å². The Morgan fingerprint density at radius 2 is 1.73 bits per heavy atom. The fourth-order valence-electron chi connectivity index (χ4n) is 2.11. The maximum Gasteiger partial charge on any atom is 0.262 e. The number of hydrogen-bond donors (Lipinski definition) is 1. The highest BCUT2D eigenvalue weighted by Gasteiger charge is 2.06. The summed E-state index contributed by atoms with van der Waals surface area (Å²) in [5, 5.41) is 2.84. The van der Waals surface area contributed by atoms with Crippen molar-refractivity contribution in [3.63, 3.8) is 0 Å². The van der Waals surface area contributed by atoms with E-state index >= 15 is 0 Å². The summed E-state index contributed by atoms with van der Waals surface area (Å²) in [4.78, 5) is 11.9. The Bertz CT molecular complexity index is 602. The molecule has 0 radical (unpaired) electrons. The van der Waals surface area contributed by atoms with Crippen molar-refractivity contribution < 1.29 is 9.53 Å². The summed E-state index contributed by atoms with van der Waals surface area (Å²) in [6.07, 6.45) is 1.11. The number of nitrogens with one attached hydrogen (secondary N) is 1. The summed E-state index contributed by atoms with van der Waals surface area (Å²) in [7, 11) is 0. The first-order valence-electron chi connectivity index (χ1n) is 7.67. The lowest BCUT2D eigenvalue weighted by Gasteiger charge is -2.11. The Balaban J connectivity index is 1.85. The van der Waals surface area contributed by atoms with Crippen molar-refractivity contribution in [2.75, 3.05) is 11.9 Å². The first kappa shape index (κ1) is 16.1. The van der Waals surface area contributed by atoms with Gasteiger partial charge in [0.15, 0.2) is 6.61 Å². The number of carbonyl (C=O) groups is 1. The van der Waals surface area contributed by atoms with E-state index in [1.807, 2.05) is 43.3 Å². The van der Waals surface area contributed by atoms with Crippen molar-refractivity contribution in [2.45, 2.75) is 33.1 Å². The number of hydrogen-bond acceptors (Lipinski definition) is 2. The molecule has 1 unspecified atom stereocenters. The molecule has 0 bridgehead atoms. The molecule has 0 saturated heterocycles. The van der Waals surface area contributed by atoms with Gasteiger partial charge < -0.3 is 10.1 Å². The fourth-order valence-corrected chi connectivity index (χ4v) is 2.11. The molecule has 1 N–H and O–H groups in total. The van der Waals surface area contributed by atoms with Crippen molar-refractivity contribution in [2.24, 2.45) is 0 Å². The van der Waals surface area contributed by atoms with Crippen LogP contribution in [0, 0.1) is 6.92 Å². The van der Waals surface area contributed by atoms with Gasteiger partial charge in [-0.05, 0) is 49.1 Å². The van der Waals surface area contributed by atoms with E-state index < -0.39 is 0 Å². The van der Waals surface area contributed by atoms with Gasteiger partial charge in [-0.3, -0.25) is 4.79 Å². The van der Waals surface area contributed by atoms with Crippen molar-refractivity contribution in [1.29, 1.82) is 0 Å². The SMILES string of the molecule is CCC(C)c1ccc(NC(=O)COc2ccc(C)cc2)cc1. The van der Waals surface area contributed by atoms with Crippen LogP contribution in [0.25, 0.3) is 0 Å². The Kier molecular flexibility index (Phi) is 5.59. The number of aryl methyl sites for hydroxylation is 1. The van der Waals surface area contributed by atoms with Crippen LogP contribution < -0.4 is 10.1 Å². The minimum absolute atomic E-state index is 0.0101. The van der Waals surface area contributed by atoms with Gasteiger partial charge in [-0.1, -0.05) is 43.7 Å². The second-order valence-corrected chi connectivity index (χ2v) is 5.58. The average Bonchev–Trinajstić information content (AvgIpc) is 2.54. The zero-order chi connectivity index (χ0) is 15.9. The first-order chi connectivity index (χ1) is 10.6. The van der Waals surface area contributed by atoms with Gasteiger partial charge in [-0.25, -0.2) is 0 Å². The Morgan fingerprint density at radius 1 is 1.09 bits per heavy atom. The van der Waals surface area contributed by atoms with Crippen LogP contribution in [0.1, 0.15) is 37.3 Å². The molecule has 0 aliphatic carbocycles. The molecule has 1 amide bonds. The van der Waals surface area contributed by atoms with Crippen LogP contribution in [-0.2, 0) is 4.79 Å². The zero-order valence-electron chi connectivity index (χ0n) is 13.4. The molecular formula is C19H23NO2. The van der Waals surface area contributed by atoms with E-state index in [0.29, 0.717) is 11.7 Å². The van der Waals surface area contributed by atoms with Gasteiger partial charge in [0.2, 0.25) is 0 Å². The van der Waals surface area contributed by atoms with Crippen molar-refractivity contribution in [1.82, 2.24) is 0 Å². The molecule has 3 heteroatoms. The first-order valence-corrected chi connectivity index (χ1v) is 7.67. The van der Waals surface area contributed by atoms with Crippen LogP contribution in [0.3, 0.4) is 0 Å². The average molecular weight is 297 g/mol. The molecule has 0 spiro atoms. The van der Waals surface area contributed by atoms with Gasteiger partial charge in [-0.15, -0.1) is 0 Å². The van der Waals surface area contributed by atoms with E-state index in [9.17, 15) is 4.79 Å². The molecule has 22 heavy (non-hydrogen) atoms. The smallest absolute Gasteiger partial charge is 0.262 e. The lowest BCUT2D eigenvalue weighted by atomic mass is 9.99. The molecule has 2 aromatic carbocycles. The van der Waals surface area contributed by atoms with E-state index in [-0.39, 0.29) is 12.5 Å². The van der Waals surface area contributed by atoms with Crippen molar-refractivity contribution >= 4 is 11.6 Å². The van der Waals surface area contributed by atoms with Gasteiger partial charge in [-0.2, -0.15) is 0 Å². The third kappa shape index (κ3) is 4.62. The maximum absolute atomic E-state index is 11.9. The van der Waals surface area contributed by atoms with E-state index in [1.165, 1.54) is 5.56 Å². The molecule has 0 aromatic heterocycles. The molecule has 0 fully saturated rings.